The Labute approximate surface area is 117 Å². The van der Waals surface area contributed by atoms with Crippen molar-refractivity contribution in [3.8, 4) is 0 Å². The Hall–Kier alpha value is -1.90. The molecule has 2 aromatic rings. The van der Waals surface area contributed by atoms with Gasteiger partial charge in [0.1, 0.15) is 5.03 Å². The van der Waals surface area contributed by atoms with Crippen molar-refractivity contribution < 1.29 is 8.78 Å². The van der Waals surface area contributed by atoms with Crippen LogP contribution >= 0.6 is 11.8 Å². The SMILES string of the molecule is CNc1nc(Sc2n[nH]c(=O)n2C(C)C)c(F)cc1F. The molecule has 6 nitrogen and oxygen atoms in total. The number of aromatic nitrogens is 4. The van der Waals surface area contributed by atoms with Crippen LogP contribution in [-0.2, 0) is 0 Å². The summed E-state index contributed by atoms with van der Waals surface area (Å²) in [4.78, 5) is 15.4. The number of nitrogens with one attached hydrogen (secondary N) is 2. The minimum atomic E-state index is -0.808. The van der Waals surface area contributed by atoms with E-state index in [0.29, 0.717) is 0 Å². The first-order valence-corrected chi connectivity index (χ1v) is 6.64. The smallest absolute Gasteiger partial charge is 0.344 e. The molecule has 108 valence electrons. The molecule has 2 N–H and O–H groups in total. The molecule has 0 atom stereocenters. The van der Waals surface area contributed by atoms with Gasteiger partial charge in [0.2, 0.25) is 0 Å². The zero-order chi connectivity index (χ0) is 14.9. The third-order valence-electron chi connectivity index (χ3n) is 2.51. The number of H-pyrrole nitrogens is 1. The predicted molar refractivity (Wildman–Crippen MR) is 71.1 cm³/mol. The topological polar surface area (TPSA) is 75.6 Å². The summed E-state index contributed by atoms with van der Waals surface area (Å²) in [7, 11) is 1.48. The number of hydrogen-bond donors (Lipinski definition) is 2. The number of pyridine rings is 1. The van der Waals surface area contributed by atoms with Gasteiger partial charge in [-0.15, -0.1) is 5.10 Å². The average Bonchev–Trinajstić information content (AvgIpc) is 2.74. The van der Waals surface area contributed by atoms with Gasteiger partial charge in [-0.1, -0.05) is 0 Å². The normalized spacial score (nSPS) is 11.1. The van der Waals surface area contributed by atoms with Crippen molar-refractivity contribution in [1.82, 2.24) is 19.7 Å². The van der Waals surface area contributed by atoms with E-state index in [1.807, 2.05) is 0 Å². The minimum absolute atomic E-state index is 0.0587. The van der Waals surface area contributed by atoms with Crippen LogP contribution < -0.4 is 11.0 Å². The third-order valence-corrected chi connectivity index (χ3v) is 3.46. The Morgan fingerprint density at radius 3 is 2.70 bits per heavy atom. The Morgan fingerprint density at radius 2 is 2.10 bits per heavy atom. The maximum Gasteiger partial charge on any atom is 0.344 e. The molecule has 0 fully saturated rings. The summed E-state index contributed by atoms with van der Waals surface area (Å²) in [6.07, 6.45) is 0. The lowest BCUT2D eigenvalue weighted by Crippen LogP contribution is -2.19. The summed E-state index contributed by atoms with van der Waals surface area (Å²) in [6, 6.07) is 0.599. The van der Waals surface area contributed by atoms with Crippen molar-refractivity contribution in [3.63, 3.8) is 0 Å². The fourth-order valence-electron chi connectivity index (χ4n) is 1.60. The summed E-state index contributed by atoms with van der Waals surface area (Å²) < 4.78 is 28.4. The first kappa shape index (κ1) is 14.5. The maximum absolute atomic E-state index is 13.7. The van der Waals surface area contributed by atoms with Gasteiger partial charge in [-0.05, 0) is 25.6 Å². The molecule has 0 unspecified atom stereocenters. The Balaban J connectivity index is 2.43. The van der Waals surface area contributed by atoms with Crippen molar-refractivity contribution >= 4 is 17.6 Å². The first-order chi connectivity index (χ1) is 9.43. The fourth-order valence-corrected chi connectivity index (χ4v) is 2.55. The van der Waals surface area contributed by atoms with Gasteiger partial charge in [-0.2, -0.15) is 0 Å². The van der Waals surface area contributed by atoms with Crippen LogP contribution in [0.25, 0.3) is 0 Å². The summed E-state index contributed by atoms with van der Waals surface area (Å²) in [5.41, 5.74) is -0.390. The minimum Gasteiger partial charge on any atom is -0.371 e. The Bertz CT molecular complexity index is 682. The zero-order valence-electron chi connectivity index (χ0n) is 11.1. The lowest BCUT2D eigenvalue weighted by Gasteiger charge is -2.09. The number of anilines is 1. The van der Waals surface area contributed by atoms with E-state index in [1.165, 1.54) is 11.6 Å². The quantitative estimate of drug-likeness (QED) is 0.903. The second-order valence-corrected chi connectivity index (χ2v) is 5.19. The van der Waals surface area contributed by atoms with Gasteiger partial charge >= 0.3 is 5.69 Å². The first-order valence-electron chi connectivity index (χ1n) is 5.82. The summed E-state index contributed by atoms with van der Waals surface area (Å²) in [6.45, 7) is 3.60. The standard InChI is InChI=1S/C11H13F2N5OS/c1-5(2)18-10(19)16-17-11(18)20-9-7(13)4-6(12)8(14-3)15-9/h4-5H,1-3H3,(H,14,15)(H,16,19). The van der Waals surface area contributed by atoms with E-state index < -0.39 is 11.6 Å². The van der Waals surface area contributed by atoms with Gasteiger partial charge in [0.05, 0.1) is 0 Å². The number of hydrogen-bond acceptors (Lipinski definition) is 5. The summed E-state index contributed by atoms with van der Waals surface area (Å²) in [5.74, 6) is -1.65. The average molecular weight is 301 g/mol. The number of rotatable bonds is 4. The van der Waals surface area contributed by atoms with E-state index >= 15 is 0 Å². The molecule has 0 aliphatic rings. The van der Waals surface area contributed by atoms with Crippen molar-refractivity contribution in [2.75, 3.05) is 12.4 Å². The lowest BCUT2D eigenvalue weighted by molar-refractivity contribution is 0.530. The van der Waals surface area contributed by atoms with Crippen LogP contribution in [-0.4, -0.2) is 26.8 Å². The fraction of sp³-hybridized carbons (Fsp3) is 0.364. The summed E-state index contributed by atoms with van der Waals surface area (Å²) in [5, 5.41) is 8.85. The molecule has 2 aromatic heterocycles. The van der Waals surface area contributed by atoms with E-state index in [0.717, 1.165) is 17.8 Å². The van der Waals surface area contributed by atoms with E-state index in [-0.39, 0.29) is 27.7 Å². The van der Waals surface area contributed by atoms with Gasteiger partial charge in [0.25, 0.3) is 0 Å². The van der Waals surface area contributed by atoms with E-state index in [4.69, 9.17) is 0 Å². The molecule has 20 heavy (non-hydrogen) atoms. The predicted octanol–water partition coefficient (Wildman–Crippen LogP) is 2.02. The molecule has 2 rings (SSSR count). The molecule has 0 saturated carbocycles. The lowest BCUT2D eigenvalue weighted by atomic mass is 10.4. The van der Waals surface area contributed by atoms with Gasteiger partial charge in [0.15, 0.2) is 22.6 Å². The highest BCUT2D eigenvalue weighted by Gasteiger charge is 2.17. The molecule has 0 aromatic carbocycles. The molecule has 0 amide bonds. The van der Waals surface area contributed by atoms with Gasteiger partial charge in [0, 0.05) is 19.2 Å². The highest BCUT2D eigenvalue weighted by molar-refractivity contribution is 7.99. The molecule has 0 saturated heterocycles. The van der Waals surface area contributed by atoms with Crippen LogP contribution in [0.2, 0.25) is 0 Å². The van der Waals surface area contributed by atoms with Crippen molar-refractivity contribution in [1.29, 1.82) is 0 Å². The number of aromatic amines is 1. The van der Waals surface area contributed by atoms with Crippen LogP contribution in [0.3, 0.4) is 0 Å². The highest BCUT2D eigenvalue weighted by atomic mass is 32.2. The second-order valence-electron chi connectivity index (χ2n) is 4.23. The Morgan fingerprint density at radius 1 is 1.40 bits per heavy atom. The Kier molecular flexibility index (Phi) is 4.07. The summed E-state index contributed by atoms with van der Waals surface area (Å²) >= 11 is 0.856. The molecule has 0 aliphatic carbocycles. The van der Waals surface area contributed by atoms with Crippen LogP contribution in [0.5, 0.6) is 0 Å². The van der Waals surface area contributed by atoms with Crippen LogP contribution in [0.4, 0.5) is 14.6 Å². The van der Waals surface area contributed by atoms with Crippen molar-refractivity contribution in [3.05, 3.63) is 28.2 Å². The number of halogens is 2. The van der Waals surface area contributed by atoms with Crippen LogP contribution in [0, 0.1) is 11.6 Å². The molecular formula is C11H13F2N5OS. The van der Waals surface area contributed by atoms with Crippen molar-refractivity contribution in [2.45, 2.75) is 30.1 Å². The molecular weight excluding hydrogens is 288 g/mol. The molecule has 0 spiro atoms. The molecule has 2 heterocycles. The van der Waals surface area contributed by atoms with Gasteiger partial charge in [-0.25, -0.2) is 23.7 Å². The monoisotopic (exact) mass is 301 g/mol. The van der Waals surface area contributed by atoms with E-state index in [2.05, 4.69) is 20.5 Å². The molecule has 9 heteroatoms. The van der Waals surface area contributed by atoms with E-state index in [1.54, 1.807) is 13.8 Å². The maximum atomic E-state index is 13.7. The zero-order valence-corrected chi connectivity index (χ0v) is 11.9. The molecule has 0 radical (unpaired) electrons. The molecule has 0 bridgehead atoms. The van der Waals surface area contributed by atoms with Gasteiger partial charge in [-0.3, -0.25) is 4.57 Å². The number of nitrogens with zero attached hydrogens (tertiary/aromatic N) is 3. The van der Waals surface area contributed by atoms with Crippen LogP contribution in [0.1, 0.15) is 19.9 Å². The highest BCUT2D eigenvalue weighted by Crippen LogP contribution is 2.29. The van der Waals surface area contributed by atoms with Gasteiger partial charge < -0.3 is 5.32 Å². The third kappa shape index (κ3) is 2.67. The van der Waals surface area contributed by atoms with E-state index in [9.17, 15) is 13.6 Å². The van der Waals surface area contributed by atoms with Crippen molar-refractivity contribution in [2.24, 2.45) is 0 Å². The second kappa shape index (κ2) is 5.61. The van der Waals surface area contributed by atoms with Crippen LogP contribution in [0.15, 0.2) is 21.0 Å². The molecule has 0 aliphatic heterocycles. The largest absolute Gasteiger partial charge is 0.371 e.